The van der Waals surface area contributed by atoms with E-state index in [1.807, 2.05) is 0 Å². The maximum Gasteiger partial charge on any atom is 0.256 e. The second-order valence-electron chi connectivity index (χ2n) is 4.96. The minimum atomic E-state index is -0.727. The molecule has 1 aromatic heterocycles. The van der Waals surface area contributed by atoms with E-state index in [2.05, 4.69) is 10.3 Å². The van der Waals surface area contributed by atoms with Gasteiger partial charge in [0.15, 0.2) is 0 Å². The van der Waals surface area contributed by atoms with Crippen molar-refractivity contribution < 1.29 is 9.59 Å². The van der Waals surface area contributed by atoms with E-state index in [1.165, 1.54) is 11.1 Å². The van der Waals surface area contributed by atoms with Gasteiger partial charge in [0.05, 0.1) is 5.56 Å². The number of hydrogen-bond acceptors (Lipinski definition) is 3. The number of halogens is 1. The van der Waals surface area contributed by atoms with Crippen LogP contribution in [0.15, 0.2) is 48.8 Å². The largest absolute Gasteiger partial charge is 0.352 e. The van der Waals surface area contributed by atoms with Crippen molar-refractivity contribution in [1.82, 2.24) is 15.2 Å². The van der Waals surface area contributed by atoms with Crippen molar-refractivity contribution in [3.05, 3.63) is 64.9 Å². The zero-order chi connectivity index (χ0) is 15.5. The number of amides is 2. The summed E-state index contributed by atoms with van der Waals surface area (Å²) in [5.41, 5.74) is 1.08. The SMILES string of the molecule is O=C1NCCN(C(=O)c2cccnc2)[C@@H]1c1ccccc1Cl. The smallest absolute Gasteiger partial charge is 0.256 e. The molecule has 0 spiro atoms. The molecule has 6 heteroatoms. The van der Waals surface area contributed by atoms with Crippen LogP contribution < -0.4 is 5.32 Å². The number of piperazine rings is 1. The standard InChI is InChI=1S/C16H14ClN3O2/c17-13-6-2-1-5-12(13)14-15(21)19-8-9-20(14)16(22)11-4-3-7-18-10-11/h1-7,10,14H,8-9H2,(H,19,21)/t14-/m1/s1. The summed E-state index contributed by atoms with van der Waals surface area (Å²) in [5.74, 6) is -0.454. The molecule has 0 aliphatic carbocycles. The Bertz CT molecular complexity index is 706. The maximum absolute atomic E-state index is 12.7. The van der Waals surface area contributed by atoms with Crippen LogP contribution in [0.1, 0.15) is 22.0 Å². The Morgan fingerprint density at radius 1 is 1.27 bits per heavy atom. The molecule has 1 aliphatic rings. The van der Waals surface area contributed by atoms with Crippen molar-refractivity contribution in [1.29, 1.82) is 0 Å². The normalized spacial score (nSPS) is 18.0. The molecule has 1 atom stereocenters. The summed E-state index contributed by atoms with van der Waals surface area (Å²) in [7, 11) is 0. The number of nitrogens with one attached hydrogen (secondary N) is 1. The van der Waals surface area contributed by atoms with Gasteiger partial charge in [0.1, 0.15) is 6.04 Å². The number of pyridine rings is 1. The predicted molar refractivity (Wildman–Crippen MR) is 82.5 cm³/mol. The Balaban J connectivity index is 1.99. The molecule has 1 N–H and O–H groups in total. The van der Waals surface area contributed by atoms with E-state index in [1.54, 1.807) is 42.6 Å². The fourth-order valence-corrected chi connectivity index (χ4v) is 2.79. The van der Waals surface area contributed by atoms with Gasteiger partial charge in [0.25, 0.3) is 5.91 Å². The number of carbonyl (C=O) groups excluding carboxylic acids is 2. The molecule has 2 aromatic rings. The van der Waals surface area contributed by atoms with Gasteiger partial charge in [-0.3, -0.25) is 14.6 Å². The van der Waals surface area contributed by atoms with E-state index in [9.17, 15) is 9.59 Å². The third kappa shape index (κ3) is 2.67. The van der Waals surface area contributed by atoms with Crippen molar-refractivity contribution >= 4 is 23.4 Å². The number of nitrogens with zero attached hydrogens (tertiary/aromatic N) is 2. The van der Waals surface area contributed by atoms with Gasteiger partial charge in [0.2, 0.25) is 5.91 Å². The molecule has 112 valence electrons. The number of hydrogen-bond donors (Lipinski definition) is 1. The van der Waals surface area contributed by atoms with Crippen LogP contribution in [0.5, 0.6) is 0 Å². The lowest BCUT2D eigenvalue weighted by molar-refractivity contribution is -0.128. The molecule has 1 saturated heterocycles. The molecule has 0 radical (unpaired) electrons. The summed E-state index contributed by atoms with van der Waals surface area (Å²) >= 11 is 6.21. The topological polar surface area (TPSA) is 62.3 Å². The van der Waals surface area contributed by atoms with Crippen LogP contribution in [0.3, 0.4) is 0 Å². The Morgan fingerprint density at radius 3 is 2.82 bits per heavy atom. The maximum atomic E-state index is 12.7. The van der Waals surface area contributed by atoms with Gasteiger partial charge in [-0.05, 0) is 18.2 Å². The number of aromatic nitrogens is 1. The summed E-state index contributed by atoms with van der Waals surface area (Å²) in [5, 5.41) is 3.25. The Hall–Kier alpha value is -2.40. The zero-order valence-corrected chi connectivity index (χ0v) is 12.5. The van der Waals surface area contributed by atoms with E-state index in [0.717, 1.165) is 0 Å². The summed E-state index contributed by atoms with van der Waals surface area (Å²) in [6.45, 7) is 0.848. The molecular weight excluding hydrogens is 302 g/mol. The minimum absolute atomic E-state index is 0.225. The molecule has 0 saturated carbocycles. The van der Waals surface area contributed by atoms with Crippen LogP contribution in [0.25, 0.3) is 0 Å². The highest BCUT2D eigenvalue weighted by atomic mass is 35.5. The van der Waals surface area contributed by atoms with Gasteiger partial charge < -0.3 is 10.2 Å². The molecular formula is C16H14ClN3O2. The molecule has 1 fully saturated rings. The van der Waals surface area contributed by atoms with Crippen molar-refractivity contribution in [2.45, 2.75) is 6.04 Å². The summed E-state index contributed by atoms with van der Waals surface area (Å²) in [4.78, 5) is 30.5. The Morgan fingerprint density at radius 2 is 2.09 bits per heavy atom. The molecule has 22 heavy (non-hydrogen) atoms. The average molecular weight is 316 g/mol. The quantitative estimate of drug-likeness (QED) is 0.922. The monoisotopic (exact) mass is 315 g/mol. The van der Waals surface area contributed by atoms with Gasteiger partial charge in [-0.15, -0.1) is 0 Å². The molecule has 3 rings (SSSR count). The highest BCUT2D eigenvalue weighted by molar-refractivity contribution is 6.31. The fourth-order valence-electron chi connectivity index (χ4n) is 2.55. The van der Waals surface area contributed by atoms with Crippen LogP contribution in [0, 0.1) is 0 Å². The number of carbonyl (C=O) groups is 2. The molecule has 5 nitrogen and oxygen atoms in total. The summed E-state index contributed by atoms with van der Waals surface area (Å²) in [6, 6.07) is 9.73. The van der Waals surface area contributed by atoms with E-state index in [0.29, 0.717) is 29.2 Å². The molecule has 0 bridgehead atoms. The highest BCUT2D eigenvalue weighted by Crippen LogP contribution is 2.30. The van der Waals surface area contributed by atoms with Gasteiger partial charge in [-0.2, -0.15) is 0 Å². The predicted octanol–water partition coefficient (Wildman–Crippen LogP) is 2.05. The van der Waals surface area contributed by atoms with Crippen molar-refractivity contribution in [3.63, 3.8) is 0 Å². The molecule has 2 heterocycles. The third-order valence-electron chi connectivity index (χ3n) is 3.58. The second kappa shape index (κ2) is 6.15. The van der Waals surface area contributed by atoms with Crippen molar-refractivity contribution in [2.75, 3.05) is 13.1 Å². The Kier molecular flexibility index (Phi) is 4.06. The highest BCUT2D eigenvalue weighted by Gasteiger charge is 2.35. The summed E-state index contributed by atoms with van der Waals surface area (Å²) < 4.78 is 0. The first-order valence-electron chi connectivity index (χ1n) is 6.91. The first-order chi connectivity index (χ1) is 10.7. The lowest BCUT2D eigenvalue weighted by Gasteiger charge is -2.35. The van der Waals surface area contributed by atoms with Crippen molar-refractivity contribution in [2.24, 2.45) is 0 Å². The minimum Gasteiger partial charge on any atom is -0.352 e. The zero-order valence-electron chi connectivity index (χ0n) is 11.7. The second-order valence-corrected chi connectivity index (χ2v) is 5.36. The molecule has 1 aliphatic heterocycles. The van der Waals surface area contributed by atoms with E-state index < -0.39 is 6.04 Å². The van der Waals surface area contributed by atoms with Crippen LogP contribution in [0.2, 0.25) is 5.02 Å². The van der Waals surface area contributed by atoms with Gasteiger partial charge in [-0.25, -0.2) is 0 Å². The van der Waals surface area contributed by atoms with Crippen molar-refractivity contribution in [3.8, 4) is 0 Å². The van der Waals surface area contributed by atoms with Crippen LogP contribution in [0.4, 0.5) is 0 Å². The molecule has 1 aromatic carbocycles. The summed E-state index contributed by atoms with van der Waals surface area (Å²) in [6.07, 6.45) is 3.10. The van der Waals surface area contributed by atoms with Crippen LogP contribution in [-0.2, 0) is 4.79 Å². The van der Waals surface area contributed by atoms with Gasteiger partial charge in [0, 0.05) is 36.1 Å². The lowest BCUT2D eigenvalue weighted by Crippen LogP contribution is -2.52. The number of benzene rings is 1. The van der Waals surface area contributed by atoms with Crippen LogP contribution in [-0.4, -0.2) is 34.8 Å². The lowest BCUT2D eigenvalue weighted by atomic mass is 10.0. The van der Waals surface area contributed by atoms with E-state index in [4.69, 9.17) is 11.6 Å². The fraction of sp³-hybridized carbons (Fsp3) is 0.188. The average Bonchev–Trinajstić information content (AvgIpc) is 2.56. The number of rotatable bonds is 2. The first-order valence-corrected chi connectivity index (χ1v) is 7.29. The first kappa shape index (κ1) is 14.5. The molecule has 0 unspecified atom stereocenters. The molecule has 2 amide bonds. The van der Waals surface area contributed by atoms with E-state index in [-0.39, 0.29) is 11.8 Å². The van der Waals surface area contributed by atoms with E-state index >= 15 is 0 Å². The Labute approximate surface area is 132 Å². The third-order valence-corrected chi connectivity index (χ3v) is 3.93. The van der Waals surface area contributed by atoms with Crippen LogP contribution >= 0.6 is 11.6 Å². The van der Waals surface area contributed by atoms with Gasteiger partial charge >= 0.3 is 0 Å². The van der Waals surface area contributed by atoms with Gasteiger partial charge in [-0.1, -0.05) is 29.8 Å².